The Morgan fingerprint density at radius 3 is 2.06 bits per heavy atom. The third-order valence-corrected chi connectivity index (χ3v) is 6.77. The van der Waals surface area contributed by atoms with Crippen molar-refractivity contribution in [3.63, 3.8) is 0 Å². The fourth-order valence-corrected chi connectivity index (χ4v) is 4.64. The van der Waals surface area contributed by atoms with Gasteiger partial charge in [0.25, 0.3) is 0 Å². The van der Waals surface area contributed by atoms with Gasteiger partial charge in [-0.3, -0.25) is 0 Å². The number of benzene rings is 3. The molecule has 3 aromatic carbocycles. The molecule has 0 amide bonds. The highest BCUT2D eigenvalue weighted by atomic mass is 79.9. The van der Waals surface area contributed by atoms with Gasteiger partial charge in [0.2, 0.25) is 0 Å². The fourth-order valence-electron chi connectivity index (χ4n) is 4.40. The lowest BCUT2D eigenvalue weighted by molar-refractivity contribution is 0.620. The molecule has 0 aliphatic carbocycles. The Morgan fingerprint density at radius 2 is 1.47 bits per heavy atom. The van der Waals surface area contributed by atoms with E-state index < -0.39 is 0 Å². The molecule has 0 aliphatic rings. The third-order valence-electron chi connectivity index (χ3n) is 6.12. The summed E-state index contributed by atoms with van der Waals surface area (Å²) in [7, 11) is 0. The van der Waals surface area contributed by atoms with Crippen LogP contribution in [0.25, 0.3) is 5.57 Å². The van der Waals surface area contributed by atoms with Crippen molar-refractivity contribution in [1.82, 2.24) is 0 Å². The minimum Gasteiger partial charge on any atom is -0.206 e. The molecule has 0 saturated heterocycles. The van der Waals surface area contributed by atoms with E-state index in [9.17, 15) is 4.39 Å². The van der Waals surface area contributed by atoms with Crippen LogP contribution in [0.2, 0.25) is 0 Å². The van der Waals surface area contributed by atoms with E-state index in [0.717, 1.165) is 30.4 Å². The molecule has 0 N–H and O–H groups in total. The van der Waals surface area contributed by atoms with E-state index in [0.29, 0.717) is 10.4 Å². The quantitative estimate of drug-likeness (QED) is 0.248. The van der Waals surface area contributed by atoms with E-state index in [1.807, 2.05) is 6.07 Å². The lowest BCUT2D eigenvalue weighted by Gasteiger charge is -2.22. The molecule has 3 aromatic rings. The largest absolute Gasteiger partial charge is 0.206 e. The molecule has 1 atom stereocenters. The normalized spacial score (nSPS) is 13.0. The minimum atomic E-state index is -0.239. The van der Waals surface area contributed by atoms with Crippen LogP contribution in [0, 0.1) is 11.7 Å². The molecule has 2 heteroatoms. The highest BCUT2D eigenvalue weighted by molar-refractivity contribution is 9.10. The molecule has 0 nitrogen and oxygen atoms in total. The second-order valence-electron chi connectivity index (χ2n) is 9.21. The monoisotopic (exact) mass is 516 g/mol. The first kappa shape index (κ1) is 25.9. The molecule has 176 valence electrons. The minimum absolute atomic E-state index is 0.239. The van der Waals surface area contributed by atoms with E-state index in [-0.39, 0.29) is 5.82 Å². The van der Waals surface area contributed by atoms with E-state index in [2.05, 4.69) is 116 Å². The summed E-state index contributed by atoms with van der Waals surface area (Å²) in [6.07, 6.45) is 7.34. The third kappa shape index (κ3) is 7.40. The molecular weight excluding hydrogens is 483 g/mol. The molecule has 3 rings (SSSR count). The second-order valence-corrected chi connectivity index (χ2v) is 10.1. The van der Waals surface area contributed by atoms with Crippen LogP contribution in [0.1, 0.15) is 50.8 Å². The van der Waals surface area contributed by atoms with E-state index in [1.54, 1.807) is 12.1 Å². The molecule has 34 heavy (non-hydrogen) atoms. The van der Waals surface area contributed by atoms with E-state index in [4.69, 9.17) is 0 Å². The van der Waals surface area contributed by atoms with Crippen LogP contribution >= 0.6 is 15.9 Å². The van der Waals surface area contributed by atoms with Crippen LogP contribution in [0.5, 0.6) is 0 Å². The van der Waals surface area contributed by atoms with Crippen LogP contribution in [-0.4, -0.2) is 0 Å². The summed E-state index contributed by atoms with van der Waals surface area (Å²) in [6, 6.07) is 26.6. The molecule has 0 saturated carbocycles. The Bertz CT molecular complexity index is 1170. The highest BCUT2D eigenvalue weighted by Crippen LogP contribution is 2.35. The summed E-state index contributed by atoms with van der Waals surface area (Å²) in [5.41, 5.74) is 8.49. The first-order chi connectivity index (χ1) is 16.3. The van der Waals surface area contributed by atoms with Crippen LogP contribution in [0.15, 0.2) is 112 Å². The molecule has 0 bridgehead atoms. The number of hydrogen-bond donors (Lipinski definition) is 0. The van der Waals surface area contributed by atoms with Gasteiger partial charge in [-0.25, -0.2) is 4.39 Å². The highest BCUT2D eigenvalue weighted by Gasteiger charge is 2.18. The van der Waals surface area contributed by atoms with Crippen molar-refractivity contribution in [3.05, 3.63) is 135 Å². The lowest BCUT2D eigenvalue weighted by atomic mass is 9.82. The molecule has 0 aliphatic heterocycles. The maximum absolute atomic E-state index is 14.6. The van der Waals surface area contributed by atoms with Crippen LogP contribution in [0.4, 0.5) is 4.39 Å². The molecule has 0 heterocycles. The fraction of sp³-hybridized carbons (Fsp3) is 0.250. The van der Waals surface area contributed by atoms with Crippen molar-refractivity contribution in [2.75, 3.05) is 0 Å². The summed E-state index contributed by atoms with van der Waals surface area (Å²) in [6.45, 7) is 8.76. The zero-order valence-corrected chi connectivity index (χ0v) is 22.2. The van der Waals surface area contributed by atoms with Gasteiger partial charge < -0.3 is 0 Å². The molecule has 0 fully saturated rings. The van der Waals surface area contributed by atoms with Gasteiger partial charge in [0, 0.05) is 0 Å². The van der Waals surface area contributed by atoms with Gasteiger partial charge in [-0.05, 0) is 102 Å². The maximum Gasteiger partial charge on any atom is 0.137 e. The van der Waals surface area contributed by atoms with Gasteiger partial charge in [0.15, 0.2) is 0 Å². The number of rotatable bonds is 9. The lowest BCUT2D eigenvalue weighted by Crippen LogP contribution is -2.08. The first-order valence-corrected chi connectivity index (χ1v) is 12.7. The number of halogens is 2. The second kappa shape index (κ2) is 12.7. The van der Waals surface area contributed by atoms with Gasteiger partial charge in [0.05, 0.1) is 4.47 Å². The predicted molar refractivity (Wildman–Crippen MR) is 148 cm³/mol. The zero-order chi connectivity index (χ0) is 24.5. The number of hydrogen-bond acceptors (Lipinski definition) is 0. The Labute approximate surface area is 213 Å². The van der Waals surface area contributed by atoms with Crippen molar-refractivity contribution in [1.29, 1.82) is 0 Å². The van der Waals surface area contributed by atoms with Gasteiger partial charge >= 0.3 is 0 Å². The van der Waals surface area contributed by atoms with Crippen LogP contribution in [-0.2, 0) is 12.8 Å². The van der Waals surface area contributed by atoms with E-state index >= 15 is 0 Å². The molecule has 0 spiro atoms. The Hall–Kier alpha value is -2.71. The van der Waals surface area contributed by atoms with Gasteiger partial charge in [-0.15, -0.1) is 0 Å². The Balaban J connectivity index is 1.95. The predicted octanol–water partition coefficient (Wildman–Crippen LogP) is 9.77. The average Bonchev–Trinajstić information content (AvgIpc) is 2.83. The van der Waals surface area contributed by atoms with Crippen molar-refractivity contribution >= 4 is 21.5 Å². The first-order valence-electron chi connectivity index (χ1n) is 11.9. The SMILES string of the molecule is CC(C)=C(/C(=C\C=C(/C)CCc1ccccc1)c1ccc(Br)c(F)c1)C(C)Cc1ccccc1. The van der Waals surface area contributed by atoms with Crippen molar-refractivity contribution < 1.29 is 4.39 Å². The number of aryl methyl sites for hydroxylation is 1. The van der Waals surface area contributed by atoms with Gasteiger partial charge in [0.1, 0.15) is 5.82 Å². The smallest absolute Gasteiger partial charge is 0.137 e. The molecule has 1 unspecified atom stereocenters. The zero-order valence-electron chi connectivity index (χ0n) is 20.6. The standard InChI is InChI=1S/C32H34BrF/c1-23(2)32(25(4)21-27-13-9-6-10-14-27)29(28-18-20-30(33)31(34)22-28)19-16-24(3)15-17-26-11-7-5-8-12-26/h5-14,16,18-20,22,25H,15,17,21H2,1-4H3/b24-16+,29-19-. The summed E-state index contributed by atoms with van der Waals surface area (Å²) in [5.74, 6) is 0.0559. The Kier molecular flexibility index (Phi) is 9.65. The topological polar surface area (TPSA) is 0 Å². The van der Waals surface area contributed by atoms with Gasteiger partial charge in [-0.2, -0.15) is 0 Å². The van der Waals surface area contributed by atoms with Crippen molar-refractivity contribution in [2.24, 2.45) is 5.92 Å². The Morgan fingerprint density at radius 1 is 0.853 bits per heavy atom. The van der Waals surface area contributed by atoms with Crippen molar-refractivity contribution in [2.45, 2.75) is 47.0 Å². The maximum atomic E-state index is 14.6. The summed E-state index contributed by atoms with van der Waals surface area (Å²) in [5, 5.41) is 0. The summed E-state index contributed by atoms with van der Waals surface area (Å²) >= 11 is 3.30. The summed E-state index contributed by atoms with van der Waals surface area (Å²) in [4.78, 5) is 0. The average molecular weight is 518 g/mol. The number of allylic oxidation sites excluding steroid dienone is 6. The van der Waals surface area contributed by atoms with Crippen LogP contribution < -0.4 is 0 Å². The van der Waals surface area contributed by atoms with Crippen molar-refractivity contribution in [3.8, 4) is 0 Å². The molecule has 0 aromatic heterocycles. The van der Waals surface area contributed by atoms with Crippen LogP contribution in [0.3, 0.4) is 0 Å². The summed E-state index contributed by atoms with van der Waals surface area (Å²) < 4.78 is 15.0. The molecular formula is C32H34BrF. The van der Waals surface area contributed by atoms with E-state index in [1.165, 1.54) is 27.8 Å². The van der Waals surface area contributed by atoms with Gasteiger partial charge in [-0.1, -0.05) is 97.0 Å². The molecule has 0 radical (unpaired) electrons.